The number of nitrogens with one attached hydrogen (secondary N) is 3. The molecule has 3 aromatic rings. The summed E-state index contributed by atoms with van der Waals surface area (Å²) in [6, 6.07) is 6.32. The van der Waals surface area contributed by atoms with Gasteiger partial charge in [0.1, 0.15) is 11.4 Å². The quantitative estimate of drug-likeness (QED) is 0.507. The second kappa shape index (κ2) is 8.97. The van der Waals surface area contributed by atoms with Crippen molar-refractivity contribution in [2.75, 3.05) is 30.8 Å². The van der Waals surface area contributed by atoms with Crippen molar-refractivity contribution in [2.24, 2.45) is 7.05 Å². The van der Waals surface area contributed by atoms with Crippen LogP contribution in [0.2, 0.25) is 0 Å². The Morgan fingerprint density at radius 3 is 2.84 bits per heavy atom. The first-order valence-corrected chi connectivity index (χ1v) is 10.1. The lowest BCUT2D eigenvalue weighted by molar-refractivity contribution is 0.0958. The highest BCUT2D eigenvalue weighted by atomic mass is 16.1. The van der Waals surface area contributed by atoms with Crippen LogP contribution in [0.1, 0.15) is 21.5 Å². The van der Waals surface area contributed by atoms with Gasteiger partial charge in [-0.1, -0.05) is 12.1 Å². The molecule has 3 N–H and O–H groups in total. The fourth-order valence-electron chi connectivity index (χ4n) is 3.49. The molecule has 0 fully saturated rings. The molecule has 9 nitrogen and oxygen atoms in total. The van der Waals surface area contributed by atoms with Crippen LogP contribution >= 0.6 is 0 Å². The molecule has 0 spiro atoms. The number of benzene rings is 1. The number of amides is 1. The number of hydrogen-bond acceptors (Lipinski definition) is 7. The molecular weight excluding hydrogens is 392 g/mol. The number of rotatable bonds is 7. The molecule has 0 radical (unpaired) electrons. The Bertz CT molecular complexity index is 1110. The van der Waals surface area contributed by atoms with Crippen LogP contribution in [0.15, 0.2) is 49.4 Å². The van der Waals surface area contributed by atoms with Crippen LogP contribution in [-0.4, -0.2) is 50.7 Å². The molecule has 1 aromatic carbocycles. The van der Waals surface area contributed by atoms with E-state index in [4.69, 9.17) is 0 Å². The summed E-state index contributed by atoms with van der Waals surface area (Å²) in [7, 11) is 3.95. The smallest absolute Gasteiger partial charge is 0.256 e. The molecule has 0 saturated carbocycles. The number of carbonyl (C=O) groups excluding carboxylic acids is 1. The Morgan fingerprint density at radius 1 is 1.19 bits per heavy atom. The number of fused-ring (bicyclic) bond motifs is 1. The minimum absolute atomic E-state index is 0.283. The van der Waals surface area contributed by atoms with Crippen LogP contribution < -0.4 is 16.0 Å². The molecule has 0 saturated heterocycles. The van der Waals surface area contributed by atoms with Gasteiger partial charge in [0.15, 0.2) is 0 Å². The lowest BCUT2D eigenvalue weighted by Crippen LogP contribution is -2.26. The highest BCUT2D eigenvalue weighted by Gasteiger charge is 2.17. The Labute approximate surface area is 181 Å². The van der Waals surface area contributed by atoms with E-state index in [2.05, 4.69) is 61.7 Å². The van der Waals surface area contributed by atoms with Crippen LogP contribution in [0.3, 0.4) is 0 Å². The average molecular weight is 419 g/mol. The van der Waals surface area contributed by atoms with Gasteiger partial charge in [-0.15, -0.1) is 6.58 Å². The second-order valence-corrected chi connectivity index (χ2v) is 7.58. The molecule has 1 aliphatic rings. The number of nitrogens with zero attached hydrogens (tertiary/aromatic N) is 5. The van der Waals surface area contributed by atoms with E-state index in [1.807, 2.05) is 13.1 Å². The summed E-state index contributed by atoms with van der Waals surface area (Å²) in [6.45, 7) is 5.98. The summed E-state index contributed by atoms with van der Waals surface area (Å²) in [4.78, 5) is 23.8. The number of likely N-dealkylation sites (N-methyl/N-ethyl adjacent to an activating group) is 1. The third-order valence-electron chi connectivity index (χ3n) is 5.07. The van der Waals surface area contributed by atoms with Crippen LogP contribution in [-0.2, 0) is 20.0 Å². The van der Waals surface area contributed by atoms with Crippen molar-refractivity contribution in [1.29, 1.82) is 0 Å². The molecule has 0 unspecified atom stereocenters. The van der Waals surface area contributed by atoms with Crippen molar-refractivity contribution < 1.29 is 4.79 Å². The van der Waals surface area contributed by atoms with Gasteiger partial charge in [0.25, 0.3) is 5.91 Å². The normalized spacial score (nSPS) is 13.4. The Kier molecular flexibility index (Phi) is 5.94. The lowest BCUT2D eigenvalue weighted by atomic mass is 9.99. The molecule has 0 atom stereocenters. The van der Waals surface area contributed by atoms with Crippen molar-refractivity contribution in [3.63, 3.8) is 0 Å². The summed E-state index contributed by atoms with van der Waals surface area (Å²) in [6.07, 6.45) is 7.66. The Balaban J connectivity index is 1.60. The molecule has 0 aliphatic carbocycles. The molecule has 2 aromatic heterocycles. The van der Waals surface area contributed by atoms with Gasteiger partial charge in [0, 0.05) is 44.8 Å². The predicted octanol–water partition coefficient (Wildman–Crippen LogP) is 2.60. The van der Waals surface area contributed by atoms with Crippen LogP contribution in [0.5, 0.6) is 0 Å². The minimum atomic E-state index is -0.283. The van der Waals surface area contributed by atoms with Gasteiger partial charge in [-0.3, -0.25) is 9.48 Å². The third kappa shape index (κ3) is 4.89. The predicted molar refractivity (Wildman–Crippen MR) is 121 cm³/mol. The zero-order valence-electron chi connectivity index (χ0n) is 17.7. The molecule has 1 aliphatic heterocycles. The van der Waals surface area contributed by atoms with Crippen LogP contribution in [0, 0.1) is 0 Å². The fourth-order valence-corrected chi connectivity index (χ4v) is 3.49. The fraction of sp³-hybridized carbons (Fsp3) is 0.273. The van der Waals surface area contributed by atoms with Gasteiger partial charge >= 0.3 is 0 Å². The average Bonchev–Trinajstić information content (AvgIpc) is 3.16. The maximum atomic E-state index is 12.6. The summed E-state index contributed by atoms with van der Waals surface area (Å²) >= 11 is 0. The van der Waals surface area contributed by atoms with Crippen LogP contribution in [0.25, 0.3) is 0 Å². The summed E-state index contributed by atoms with van der Waals surface area (Å²) in [5.74, 6) is 0.509. The topological polar surface area (TPSA) is 100 Å². The van der Waals surface area contributed by atoms with E-state index in [0.29, 0.717) is 23.9 Å². The van der Waals surface area contributed by atoms with E-state index >= 15 is 0 Å². The van der Waals surface area contributed by atoms with Crippen molar-refractivity contribution in [3.8, 4) is 0 Å². The van der Waals surface area contributed by atoms with Gasteiger partial charge in [-0.2, -0.15) is 10.1 Å². The number of aryl methyl sites for hydroxylation is 1. The van der Waals surface area contributed by atoms with Gasteiger partial charge in [0.2, 0.25) is 5.95 Å². The largest absolute Gasteiger partial charge is 0.348 e. The summed E-state index contributed by atoms with van der Waals surface area (Å²) in [5, 5.41) is 13.3. The van der Waals surface area contributed by atoms with Gasteiger partial charge in [-0.25, -0.2) is 4.98 Å². The van der Waals surface area contributed by atoms with E-state index in [-0.39, 0.29) is 5.91 Å². The highest BCUT2D eigenvalue weighted by molar-refractivity contribution is 5.99. The molecular formula is C22H26N8O. The van der Waals surface area contributed by atoms with E-state index in [9.17, 15) is 4.79 Å². The number of hydrogen-bond donors (Lipinski definition) is 3. The molecule has 1 amide bonds. The number of anilines is 4. The number of aromatic nitrogens is 4. The lowest BCUT2D eigenvalue weighted by Gasteiger charge is -2.25. The van der Waals surface area contributed by atoms with Crippen molar-refractivity contribution in [2.45, 2.75) is 13.0 Å². The first-order chi connectivity index (χ1) is 15.0. The third-order valence-corrected chi connectivity index (χ3v) is 5.07. The van der Waals surface area contributed by atoms with E-state index in [0.717, 1.165) is 30.9 Å². The van der Waals surface area contributed by atoms with Crippen molar-refractivity contribution in [1.82, 2.24) is 30.0 Å². The number of carbonyl (C=O) groups is 1. The Morgan fingerprint density at radius 2 is 2.06 bits per heavy atom. The first-order valence-electron chi connectivity index (χ1n) is 10.1. The first kappa shape index (κ1) is 20.5. The van der Waals surface area contributed by atoms with Crippen LogP contribution in [0.4, 0.5) is 23.1 Å². The van der Waals surface area contributed by atoms with E-state index in [1.165, 1.54) is 17.3 Å². The summed E-state index contributed by atoms with van der Waals surface area (Å²) in [5.41, 5.74) is 4.64. The minimum Gasteiger partial charge on any atom is -0.348 e. The van der Waals surface area contributed by atoms with Crippen molar-refractivity contribution in [3.05, 3.63) is 66.1 Å². The maximum absolute atomic E-state index is 12.6. The van der Waals surface area contributed by atoms with Gasteiger partial charge in [-0.05, 0) is 36.7 Å². The van der Waals surface area contributed by atoms with Gasteiger partial charge < -0.3 is 20.9 Å². The SMILES string of the molecule is C=CCNC(=O)c1cnc(Nc2ccc3c(c2)CN(C)CC3)nc1Nc1cnn(C)c1. The second-order valence-electron chi connectivity index (χ2n) is 7.58. The van der Waals surface area contributed by atoms with Crippen molar-refractivity contribution >= 4 is 29.0 Å². The highest BCUT2D eigenvalue weighted by Crippen LogP contribution is 2.25. The standard InChI is InChI=1S/C22H26N8O/c1-4-8-23-21(31)19-12-24-22(28-20(19)26-18-11-25-30(3)14-18)27-17-6-5-15-7-9-29(2)13-16(15)10-17/h4-6,10-12,14H,1,7-9,13H2,2-3H3,(H,23,31)(H2,24,26,27,28). The zero-order valence-corrected chi connectivity index (χ0v) is 17.7. The molecule has 0 bridgehead atoms. The molecule has 9 heteroatoms. The molecule has 4 rings (SSSR count). The van der Waals surface area contributed by atoms with E-state index < -0.39 is 0 Å². The zero-order chi connectivity index (χ0) is 21.8. The molecule has 31 heavy (non-hydrogen) atoms. The maximum Gasteiger partial charge on any atom is 0.256 e. The monoisotopic (exact) mass is 418 g/mol. The van der Waals surface area contributed by atoms with E-state index in [1.54, 1.807) is 23.2 Å². The summed E-state index contributed by atoms with van der Waals surface area (Å²) < 4.78 is 1.67. The Hall–Kier alpha value is -3.72. The molecule has 3 heterocycles. The molecule has 160 valence electrons. The van der Waals surface area contributed by atoms with Gasteiger partial charge in [0.05, 0.1) is 11.9 Å².